The number of nitrogens with zero attached hydrogens (tertiary/aromatic N) is 1. The molecule has 2 aromatic rings. The molecule has 3 rings (SSSR count). The van der Waals surface area contributed by atoms with E-state index in [1.165, 1.54) is 4.90 Å². The molecule has 152 valence electrons. The molecule has 7 nitrogen and oxygen atoms in total. The van der Waals surface area contributed by atoms with Crippen molar-refractivity contribution in [2.24, 2.45) is 5.92 Å². The van der Waals surface area contributed by atoms with Gasteiger partial charge in [0.1, 0.15) is 17.7 Å². The number of Topliss-reactive ketones (excluding diaryl/α,β-unsaturated/α-hetero) is 2. The molecule has 0 aliphatic carbocycles. The SMILES string of the molecule is COc1ccc(C(=O)C2C(=O)C(=O)N(CCC[NH+](C)C)C2c2cccc[nH+]2)cc1. The number of likely N-dealkylation sites (tertiary alicyclic amines) is 1. The van der Waals surface area contributed by atoms with Crippen molar-refractivity contribution < 1.29 is 29.0 Å². The number of aromatic nitrogens is 1. The normalized spacial score (nSPS) is 19.1. The lowest BCUT2D eigenvalue weighted by atomic mass is 9.88. The summed E-state index contributed by atoms with van der Waals surface area (Å²) in [6.45, 7) is 1.29. The van der Waals surface area contributed by atoms with Crippen LogP contribution in [0.15, 0.2) is 48.7 Å². The molecule has 29 heavy (non-hydrogen) atoms. The number of H-pyrrole nitrogens is 1. The maximum atomic E-state index is 13.3. The fourth-order valence-electron chi connectivity index (χ4n) is 3.70. The molecular weight excluding hydrogens is 370 g/mol. The van der Waals surface area contributed by atoms with Crippen molar-refractivity contribution in [3.63, 3.8) is 0 Å². The van der Waals surface area contributed by atoms with Gasteiger partial charge in [0.15, 0.2) is 12.0 Å². The molecular formula is C22H27N3O4+2. The predicted molar refractivity (Wildman–Crippen MR) is 106 cm³/mol. The third-order valence-electron chi connectivity index (χ3n) is 5.19. The molecule has 2 unspecified atom stereocenters. The number of hydrogen-bond acceptors (Lipinski definition) is 4. The number of aromatic amines is 1. The summed E-state index contributed by atoms with van der Waals surface area (Å²) >= 11 is 0. The zero-order chi connectivity index (χ0) is 21.0. The number of amides is 1. The second kappa shape index (κ2) is 8.96. The molecule has 1 saturated heterocycles. The summed E-state index contributed by atoms with van der Waals surface area (Å²) in [5.41, 5.74) is 1.06. The monoisotopic (exact) mass is 397 g/mol. The van der Waals surface area contributed by atoms with Crippen LogP contribution >= 0.6 is 0 Å². The van der Waals surface area contributed by atoms with Gasteiger partial charge in [-0.05, 0) is 24.3 Å². The van der Waals surface area contributed by atoms with Gasteiger partial charge < -0.3 is 14.5 Å². The van der Waals surface area contributed by atoms with Crippen molar-refractivity contribution >= 4 is 17.5 Å². The lowest BCUT2D eigenvalue weighted by molar-refractivity contribution is -0.858. The van der Waals surface area contributed by atoms with Crippen molar-refractivity contribution in [2.45, 2.75) is 12.5 Å². The standard InChI is InChI=1S/C22H25N3O4/c1-24(2)13-6-14-25-19(17-7-4-5-12-23-17)18(21(27)22(25)28)20(26)15-8-10-16(29-3)11-9-15/h4-5,7-12,18-19H,6,13-14H2,1-3H3/p+2. The quantitative estimate of drug-likeness (QED) is 0.386. The van der Waals surface area contributed by atoms with Crippen LogP contribution < -0.4 is 14.6 Å². The van der Waals surface area contributed by atoms with E-state index in [2.05, 4.69) is 4.98 Å². The first-order chi connectivity index (χ1) is 13.9. The number of rotatable bonds is 8. The zero-order valence-corrected chi connectivity index (χ0v) is 17.0. The molecule has 7 heteroatoms. The molecule has 1 amide bonds. The number of benzene rings is 1. The third kappa shape index (κ3) is 4.35. The van der Waals surface area contributed by atoms with Gasteiger partial charge in [0.25, 0.3) is 5.91 Å². The minimum absolute atomic E-state index is 0.353. The average molecular weight is 397 g/mol. The Kier molecular flexibility index (Phi) is 6.39. The van der Waals surface area contributed by atoms with Crippen LogP contribution in [0.2, 0.25) is 0 Å². The molecule has 1 aliphatic heterocycles. The van der Waals surface area contributed by atoms with Gasteiger partial charge in [0, 0.05) is 30.7 Å². The number of ketones is 2. The number of carbonyl (C=O) groups excluding carboxylic acids is 3. The number of nitrogens with one attached hydrogen (secondary N) is 2. The van der Waals surface area contributed by atoms with E-state index in [0.29, 0.717) is 23.6 Å². The van der Waals surface area contributed by atoms with E-state index in [1.807, 2.05) is 32.3 Å². The number of methoxy groups -OCH3 is 1. The molecule has 1 aliphatic rings. The van der Waals surface area contributed by atoms with Gasteiger partial charge in [0.2, 0.25) is 11.5 Å². The summed E-state index contributed by atoms with van der Waals surface area (Å²) in [5, 5.41) is 0. The first-order valence-corrected chi connectivity index (χ1v) is 9.72. The van der Waals surface area contributed by atoms with E-state index in [1.54, 1.807) is 42.5 Å². The molecule has 2 heterocycles. The predicted octanol–water partition coefficient (Wildman–Crippen LogP) is -0.00460. The number of ether oxygens (including phenoxy) is 1. The first kappa shape index (κ1) is 20.7. The molecule has 2 atom stereocenters. The van der Waals surface area contributed by atoms with Gasteiger partial charge in [-0.25, -0.2) is 4.98 Å². The van der Waals surface area contributed by atoms with E-state index >= 15 is 0 Å². The average Bonchev–Trinajstić information content (AvgIpc) is 2.98. The Hall–Kier alpha value is -3.06. The van der Waals surface area contributed by atoms with E-state index in [0.717, 1.165) is 13.0 Å². The van der Waals surface area contributed by atoms with Gasteiger partial charge >= 0.3 is 0 Å². The Bertz CT molecular complexity index is 881. The first-order valence-electron chi connectivity index (χ1n) is 9.72. The second-order valence-corrected chi connectivity index (χ2v) is 7.51. The highest BCUT2D eigenvalue weighted by atomic mass is 16.5. The Morgan fingerprint density at radius 3 is 2.45 bits per heavy atom. The van der Waals surface area contributed by atoms with E-state index in [4.69, 9.17) is 4.74 Å². The van der Waals surface area contributed by atoms with Crippen LogP contribution in [0.5, 0.6) is 5.75 Å². The fraction of sp³-hybridized carbons (Fsp3) is 0.364. The summed E-state index contributed by atoms with van der Waals surface area (Å²) in [7, 11) is 5.62. The van der Waals surface area contributed by atoms with Crippen LogP contribution in [0, 0.1) is 5.92 Å². The molecule has 1 aromatic heterocycles. The van der Waals surface area contributed by atoms with Gasteiger partial charge in [-0.1, -0.05) is 6.07 Å². The maximum Gasteiger partial charge on any atom is 0.291 e. The number of hydrogen-bond donors (Lipinski definition) is 1. The van der Waals surface area contributed by atoms with Gasteiger partial charge in [-0.3, -0.25) is 14.4 Å². The smallest absolute Gasteiger partial charge is 0.291 e. The summed E-state index contributed by atoms with van der Waals surface area (Å²) < 4.78 is 5.14. The highest BCUT2D eigenvalue weighted by Crippen LogP contribution is 2.36. The summed E-state index contributed by atoms with van der Waals surface area (Å²) in [6, 6.07) is 11.4. The number of pyridine rings is 1. The Labute approximate surface area is 170 Å². The van der Waals surface area contributed by atoms with Crippen LogP contribution in [0.4, 0.5) is 0 Å². The Morgan fingerprint density at radius 1 is 1.14 bits per heavy atom. The molecule has 1 aromatic carbocycles. The zero-order valence-electron chi connectivity index (χ0n) is 17.0. The van der Waals surface area contributed by atoms with Gasteiger partial charge in [-0.15, -0.1) is 0 Å². The van der Waals surface area contributed by atoms with Crippen LogP contribution in [0.3, 0.4) is 0 Å². The van der Waals surface area contributed by atoms with Crippen LogP contribution in [-0.2, 0) is 9.59 Å². The maximum absolute atomic E-state index is 13.3. The summed E-state index contributed by atoms with van der Waals surface area (Å²) in [4.78, 5) is 44.8. The fourth-order valence-corrected chi connectivity index (χ4v) is 3.70. The van der Waals surface area contributed by atoms with Crippen LogP contribution in [0.1, 0.15) is 28.5 Å². The molecule has 0 saturated carbocycles. The highest BCUT2D eigenvalue weighted by Gasteiger charge is 2.53. The van der Waals surface area contributed by atoms with Gasteiger partial charge in [-0.2, -0.15) is 0 Å². The van der Waals surface area contributed by atoms with Crippen LogP contribution in [0.25, 0.3) is 0 Å². The minimum atomic E-state index is -1.07. The topological polar surface area (TPSA) is 82.3 Å². The summed E-state index contributed by atoms with van der Waals surface area (Å²) in [6.07, 6.45) is 2.48. The lowest BCUT2D eigenvalue weighted by Crippen LogP contribution is -3.05. The number of quaternary nitrogens is 1. The Morgan fingerprint density at radius 2 is 1.86 bits per heavy atom. The molecule has 0 bridgehead atoms. The lowest BCUT2D eigenvalue weighted by Gasteiger charge is -2.24. The van der Waals surface area contributed by atoms with Crippen LogP contribution in [-0.4, -0.2) is 56.7 Å². The van der Waals surface area contributed by atoms with Crippen molar-refractivity contribution in [3.8, 4) is 5.75 Å². The second-order valence-electron chi connectivity index (χ2n) is 7.51. The number of carbonyl (C=O) groups is 3. The summed E-state index contributed by atoms with van der Waals surface area (Å²) in [5.74, 6) is -2.04. The van der Waals surface area contributed by atoms with Crippen molar-refractivity contribution in [1.82, 2.24) is 4.90 Å². The third-order valence-corrected chi connectivity index (χ3v) is 5.19. The molecule has 0 spiro atoms. The van der Waals surface area contributed by atoms with Gasteiger partial charge in [0.05, 0.1) is 27.7 Å². The van der Waals surface area contributed by atoms with Crippen molar-refractivity contribution in [3.05, 3.63) is 59.9 Å². The highest BCUT2D eigenvalue weighted by molar-refractivity contribution is 6.43. The van der Waals surface area contributed by atoms with E-state index < -0.39 is 23.7 Å². The molecule has 0 radical (unpaired) electrons. The van der Waals surface area contributed by atoms with E-state index in [-0.39, 0.29) is 5.78 Å². The van der Waals surface area contributed by atoms with Crippen molar-refractivity contribution in [1.29, 1.82) is 0 Å². The largest absolute Gasteiger partial charge is 0.497 e. The van der Waals surface area contributed by atoms with Crippen molar-refractivity contribution in [2.75, 3.05) is 34.3 Å². The minimum Gasteiger partial charge on any atom is -0.497 e. The molecule has 1 fully saturated rings. The van der Waals surface area contributed by atoms with E-state index in [9.17, 15) is 14.4 Å². The molecule has 2 N–H and O–H groups in total. The Balaban J connectivity index is 1.95.